The molecule has 0 spiro atoms. The molecule has 1 saturated heterocycles. The Balaban J connectivity index is 1.28. The van der Waals surface area contributed by atoms with Gasteiger partial charge in [-0.15, -0.1) is 0 Å². The lowest BCUT2D eigenvalue weighted by Crippen LogP contribution is -2.46. The Bertz CT molecular complexity index is 1170. The molecule has 4 aromatic rings. The highest BCUT2D eigenvalue weighted by atomic mass is 19.1. The summed E-state index contributed by atoms with van der Waals surface area (Å²) in [6.45, 7) is 4.47. The van der Waals surface area contributed by atoms with Crippen molar-refractivity contribution in [2.45, 2.75) is 6.54 Å². The third-order valence-electron chi connectivity index (χ3n) is 5.36. The lowest BCUT2D eigenvalue weighted by atomic mass is 10.2. The largest absolute Gasteiger partial charge is 0.480 e. The molecule has 29 heavy (non-hydrogen) atoms. The highest BCUT2D eigenvalue weighted by molar-refractivity contribution is 5.86. The Morgan fingerprint density at radius 3 is 2.72 bits per heavy atom. The number of fused-ring (bicyclic) bond motifs is 2. The summed E-state index contributed by atoms with van der Waals surface area (Å²) in [5, 5.41) is 0.923. The highest BCUT2D eigenvalue weighted by Gasteiger charge is 2.19. The molecule has 1 fully saturated rings. The van der Waals surface area contributed by atoms with E-state index in [1.807, 2.05) is 12.3 Å². The number of pyridine rings is 1. The van der Waals surface area contributed by atoms with Gasteiger partial charge in [-0.3, -0.25) is 4.90 Å². The normalized spacial score (nSPS) is 15.3. The molecule has 3 aromatic heterocycles. The molecule has 0 radical (unpaired) electrons. The quantitative estimate of drug-likeness (QED) is 0.532. The van der Waals surface area contributed by atoms with Crippen LogP contribution in [0.25, 0.3) is 16.6 Å². The smallest absolute Gasteiger partial charge is 0.224 e. The van der Waals surface area contributed by atoms with Gasteiger partial charge in [-0.1, -0.05) is 0 Å². The van der Waals surface area contributed by atoms with Gasteiger partial charge in [0.05, 0.1) is 23.7 Å². The second-order valence-electron chi connectivity index (χ2n) is 7.19. The molecule has 0 atom stereocenters. The summed E-state index contributed by atoms with van der Waals surface area (Å²) in [4.78, 5) is 17.8. The van der Waals surface area contributed by atoms with Crippen LogP contribution in [-0.2, 0) is 6.54 Å². The molecule has 148 valence electrons. The lowest BCUT2D eigenvalue weighted by Gasteiger charge is -2.35. The molecule has 7 nitrogen and oxygen atoms in total. The number of imidazole rings is 1. The number of ether oxygens (including phenoxy) is 1. The summed E-state index contributed by atoms with van der Waals surface area (Å²) in [6, 6.07) is 9.35. The molecule has 1 aliphatic rings. The van der Waals surface area contributed by atoms with E-state index < -0.39 is 0 Å². The maximum absolute atomic E-state index is 13.4. The Hall–Kier alpha value is -3.26. The molecule has 0 amide bonds. The number of benzene rings is 1. The first-order valence-electron chi connectivity index (χ1n) is 9.59. The van der Waals surface area contributed by atoms with Crippen LogP contribution in [0, 0.1) is 5.82 Å². The number of methoxy groups -OCH3 is 1. The van der Waals surface area contributed by atoms with Gasteiger partial charge in [-0.2, -0.15) is 0 Å². The average Bonchev–Trinajstić information content (AvgIpc) is 3.14. The third-order valence-corrected chi connectivity index (χ3v) is 5.36. The van der Waals surface area contributed by atoms with E-state index in [4.69, 9.17) is 4.74 Å². The number of hydrogen-bond acceptors (Lipinski definition) is 6. The van der Waals surface area contributed by atoms with Gasteiger partial charge in [-0.05, 0) is 30.3 Å². The number of nitrogens with zero attached hydrogens (tertiary/aromatic N) is 6. The number of rotatable bonds is 4. The minimum Gasteiger partial charge on any atom is -0.480 e. The molecule has 0 N–H and O–H groups in total. The van der Waals surface area contributed by atoms with Crippen molar-refractivity contribution in [3.8, 4) is 5.88 Å². The number of piperazine rings is 1. The van der Waals surface area contributed by atoms with Crippen molar-refractivity contribution in [1.82, 2.24) is 24.3 Å². The monoisotopic (exact) mass is 392 g/mol. The van der Waals surface area contributed by atoms with Gasteiger partial charge in [0.1, 0.15) is 17.8 Å². The SMILES string of the molecule is COc1ncnc2ccc(N3CCN(Cc4cn5cc(F)ccc5n4)CC3)cc12. The van der Waals surface area contributed by atoms with E-state index in [1.54, 1.807) is 17.6 Å². The van der Waals surface area contributed by atoms with E-state index in [-0.39, 0.29) is 5.82 Å². The second kappa shape index (κ2) is 7.29. The van der Waals surface area contributed by atoms with Crippen molar-refractivity contribution < 1.29 is 9.13 Å². The second-order valence-corrected chi connectivity index (χ2v) is 7.19. The van der Waals surface area contributed by atoms with Crippen molar-refractivity contribution in [3.05, 3.63) is 60.6 Å². The van der Waals surface area contributed by atoms with Crippen LogP contribution in [0.4, 0.5) is 10.1 Å². The fourth-order valence-corrected chi connectivity index (χ4v) is 3.87. The first-order chi connectivity index (χ1) is 14.2. The van der Waals surface area contributed by atoms with Gasteiger partial charge in [-0.25, -0.2) is 19.3 Å². The molecule has 0 aliphatic carbocycles. The topological polar surface area (TPSA) is 58.8 Å². The fourth-order valence-electron chi connectivity index (χ4n) is 3.87. The van der Waals surface area contributed by atoms with E-state index in [2.05, 4.69) is 36.9 Å². The lowest BCUT2D eigenvalue weighted by molar-refractivity contribution is 0.247. The zero-order valence-corrected chi connectivity index (χ0v) is 16.1. The van der Waals surface area contributed by atoms with Crippen molar-refractivity contribution in [1.29, 1.82) is 0 Å². The summed E-state index contributed by atoms with van der Waals surface area (Å²) >= 11 is 0. The number of anilines is 1. The molecular weight excluding hydrogens is 371 g/mol. The van der Waals surface area contributed by atoms with Crippen LogP contribution < -0.4 is 9.64 Å². The van der Waals surface area contributed by atoms with Crippen LogP contribution in [-0.4, -0.2) is 57.5 Å². The van der Waals surface area contributed by atoms with E-state index in [0.717, 1.165) is 60.7 Å². The zero-order valence-electron chi connectivity index (χ0n) is 16.1. The average molecular weight is 392 g/mol. The van der Waals surface area contributed by atoms with Crippen LogP contribution in [0.3, 0.4) is 0 Å². The van der Waals surface area contributed by atoms with E-state index in [0.29, 0.717) is 5.88 Å². The van der Waals surface area contributed by atoms with Gasteiger partial charge in [0.25, 0.3) is 0 Å². The van der Waals surface area contributed by atoms with Gasteiger partial charge < -0.3 is 14.0 Å². The molecular formula is C21H21FN6O. The van der Waals surface area contributed by atoms with Gasteiger partial charge in [0.15, 0.2) is 0 Å². The predicted molar refractivity (Wildman–Crippen MR) is 109 cm³/mol. The summed E-state index contributed by atoms with van der Waals surface area (Å²) in [6.07, 6.45) is 4.88. The Morgan fingerprint density at radius 1 is 1.03 bits per heavy atom. The molecule has 0 saturated carbocycles. The molecule has 1 aliphatic heterocycles. The van der Waals surface area contributed by atoms with Crippen LogP contribution >= 0.6 is 0 Å². The zero-order chi connectivity index (χ0) is 19.8. The maximum atomic E-state index is 13.4. The van der Waals surface area contributed by atoms with Gasteiger partial charge >= 0.3 is 0 Å². The molecule has 0 unspecified atom stereocenters. The summed E-state index contributed by atoms with van der Waals surface area (Å²) in [5.41, 5.74) is 3.75. The van der Waals surface area contributed by atoms with Gasteiger partial charge in [0, 0.05) is 50.8 Å². The summed E-state index contributed by atoms with van der Waals surface area (Å²) in [7, 11) is 1.63. The minimum absolute atomic E-state index is 0.257. The van der Waals surface area contributed by atoms with Crippen molar-refractivity contribution >= 4 is 22.2 Å². The number of aromatic nitrogens is 4. The Labute approximate surface area is 167 Å². The Kier molecular flexibility index (Phi) is 4.48. The molecule has 0 bridgehead atoms. The molecule has 1 aromatic carbocycles. The van der Waals surface area contributed by atoms with Crippen LogP contribution in [0.5, 0.6) is 5.88 Å². The van der Waals surface area contributed by atoms with Gasteiger partial charge in [0.2, 0.25) is 5.88 Å². The minimum atomic E-state index is -0.257. The van der Waals surface area contributed by atoms with Crippen LogP contribution in [0.1, 0.15) is 5.69 Å². The Morgan fingerprint density at radius 2 is 1.90 bits per heavy atom. The molecule has 4 heterocycles. The van der Waals surface area contributed by atoms with E-state index in [1.165, 1.54) is 18.6 Å². The standard InChI is InChI=1S/C21H21FN6O/c1-29-21-18-10-17(3-4-19(18)23-14-24-21)27-8-6-26(7-9-27)12-16-13-28-11-15(22)2-5-20(28)25-16/h2-5,10-11,13-14H,6-9,12H2,1H3. The summed E-state index contributed by atoms with van der Waals surface area (Å²) in [5.74, 6) is 0.339. The molecule has 8 heteroatoms. The van der Waals surface area contributed by atoms with Crippen molar-refractivity contribution in [2.75, 3.05) is 38.2 Å². The predicted octanol–water partition coefficient (Wildman–Crippen LogP) is 2.75. The number of halogens is 1. The van der Waals surface area contributed by atoms with Crippen molar-refractivity contribution in [3.63, 3.8) is 0 Å². The summed E-state index contributed by atoms with van der Waals surface area (Å²) < 4.78 is 20.5. The van der Waals surface area contributed by atoms with Crippen LogP contribution in [0.2, 0.25) is 0 Å². The first-order valence-corrected chi connectivity index (χ1v) is 9.59. The van der Waals surface area contributed by atoms with Crippen LogP contribution in [0.15, 0.2) is 49.1 Å². The number of hydrogen-bond donors (Lipinski definition) is 0. The fraction of sp³-hybridized carbons (Fsp3) is 0.286. The van der Waals surface area contributed by atoms with E-state index in [9.17, 15) is 4.39 Å². The highest BCUT2D eigenvalue weighted by Crippen LogP contribution is 2.27. The third kappa shape index (κ3) is 3.47. The van der Waals surface area contributed by atoms with Crippen molar-refractivity contribution in [2.24, 2.45) is 0 Å². The van der Waals surface area contributed by atoms with E-state index >= 15 is 0 Å². The molecule has 5 rings (SSSR count). The first kappa shape index (κ1) is 17.8. The maximum Gasteiger partial charge on any atom is 0.224 e.